The molecule has 2 atom stereocenters. The lowest BCUT2D eigenvalue weighted by atomic mass is 10.1. The monoisotopic (exact) mass is 299 g/mol. The average molecular weight is 299 g/mol. The average Bonchev–Trinajstić information content (AvgIpc) is 2.48. The van der Waals surface area contributed by atoms with Crippen molar-refractivity contribution in [2.24, 2.45) is 0 Å². The molecule has 2 N–H and O–H groups in total. The Morgan fingerprint density at radius 1 is 1.35 bits per heavy atom. The molecule has 6 heteroatoms. The van der Waals surface area contributed by atoms with Crippen LogP contribution in [0.2, 0.25) is 0 Å². The van der Waals surface area contributed by atoms with Crippen molar-refractivity contribution in [3.05, 3.63) is 0 Å². The Bertz CT molecular complexity index is 339. The summed E-state index contributed by atoms with van der Waals surface area (Å²) in [6.07, 6.45) is 3.82. The SMILES string of the molecule is CC(NC(=O)CC1CSCCN1)C(=O)N1CCCCC1. The number of hydrogen-bond donors (Lipinski definition) is 2. The number of amides is 2. The fraction of sp³-hybridized carbons (Fsp3) is 0.857. The highest BCUT2D eigenvalue weighted by atomic mass is 32.2. The molecular weight excluding hydrogens is 274 g/mol. The first-order chi connectivity index (χ1) is 9.66. The maximum atomic E-state index is 12.2. The highest BCUT2D eigenvalue weighted by Crippen LogP contribution is 2.11. The molecule has 0 aromatic carbocycles. The van der Waals surface area contributed by atoms with Crippen molar-refractivity contribution in [3.63, 3.8) is 0 Å². The Morgan fingerprint density at radius 2 is 2.10 bits per heavy atom. The van der Waals surface area contributed by atoms with Gasteiger partial charge in [-0.15, -0.1) is 0 Å². The second kappa shape index (κ2) is 7.88. The lowest BCUT2D eigenvalue weighted by Crippen LogP contribution is -2.50. The van der Waals surface area contributed by atoms with Gasteiger partial charge in [-0.3, -0.25) is 9.59 Å². The summed E-state index contributed by atoms with van der Waals surface area (Å²) in [4.78, 5) is 26.1. The smallest absolute Gasteiger partial charge is 0.244 e. The van der Waals surface area contributed by atoms with Crippen LogP contribution in [-0.2, 0) is 9.59 Å². The number of thioether (sulfide) groups is 1. The van der Waals surface area contributed by atoms with E-state index in [9.17, 15) is 9.59 Å². The molecule has 5 nitrogen and oxygen atoms in total. The minimum absolute atomic E-state index is 0.0251. The van der Waals surface area contributed by atoms with Crippen LogP contribution in [0.15, 0.2) is 0 Å². The van der Waals surface area contributed by atoms with Crippen LogP contribution in [0.5, 0.6) is 0 Å². The molecule has 0 aliphatic carbocycles. The first-order valence-corrected chi connectivity index (χ1v) is 8.71. The lowest BCUT2D eigenvalue weighted by Gasteiger charge is -2.30. The maximum Gasteiger partial charge on any atom is 0.244 e. The van der Waals surface area contributed by atoms with Gasteiger partial charge in [0.2, 0.25) is 11.8 Å². The number of piperidine rings is 1. The van der Waals surface area contributed by atoms with Crippen LogP contribution in [0.1, 0.15) is 32.6 Å². The molecule has 0 bridgehead atoms. The summed E-state index contributed by atoms with van der Waals surface area (Å²) < 4.78 is 0. The van der Waals surface area contributed by atoms with Gasteiger partial charge < -0.3 is 15.5 Å². The van der Waals surface area contributed by atoms with Crippen molar-refractivity contribution >= 4 is 23.6 Å². The van der Waals surface area contributed by atoms with Gasteiger partial charge in [-0.1, -0.05) is 0 Å². The minimum atomic E-state index is -0.406. The molecule has 0 saturated carbocycles. The van der Waals surface area contributed by atoms with E-state index in [0.717, 1.165) is 44.0 Å². The van der Waals surface area contributed by atoms with E-state index < -0.39 is 6.04 Å². The molecule has 2 rings (SSSR count). The number of hydrogen-bond acceptors (Lipinski definition) is 4. The molecular formula is C14H25N3O2S. The summed E-state index contributed by atoms with van der Waals surface area (Å²) in [6, 6.07) is -0.164. The summed E-state index contributed by atoms with van der Waals surface area (Å²) in [5, 5.41) is 6.18. The summed E-state index contributed by atoms with van der Waals surface area (Å²) in [6.45, 7) is 4.42. The molecule has 114 valence electrons. The van der Waals surface area contributed by atoms with Gasteiger partial charge in [-0.05, 0) is 26.2 Å². The van der Waals surface area contributed by atoms with E-state index in [-0.39, 0.29) is 17.9 Å². The molecule has 2 fully saturated rings. The van der Waals surface area contributed by atoms with Crippen molar-refractivity contribution in [1.29, 1.82) is 0 Å². The van der Waals surface area contributed by atoms with Gasteiger partial charge in [-0.25, -0.2) is 0 Å². The first kappa shape index (κ1) is 15.6. The third-order valence-corrected chi connectivity index (χ3v) is 4.98. The third-order valence-electron chi connectivity index (χ3n) is 3.85. The molecule has 0 aromatic heterocycles. The Kier molecular flexibility index (Phi) is 6.16. The predicted molar refractivity (Wildman–Crippen MR) is 81.8 cm³/mol. The molecule has 0 radical (unpaired) electrons. The van der Waals surface area contributed by atoms with Crippen molar-refractivity contribution < 1.29 is 9.59 Å². The second-order valence-corrected chi connectivity index (χ2v) is 6.76. The number of carbonyl (C=O) groups is 2. The van der Waals surface area contributed by atoms with Crippen molar-refractivity contribution in [1.82, 2.24) is 15.5 Å². The van der Waals surface area contributed by atoms with Crippen LogP contribution in [0.4, 0.5) is 0 Å². The van der Waals surface area contributed by atoms with Gasteiger partial charge in [0, 0.05) is 43.6 Å². The number of carbonyl (C=O) groups excluding carboxylic acids is 2. The number of nitrogens with one attached hydrogen (secondary N) is 2. The molecule has 20 heavy (non-hydrogen) atoms. The summed E-state index contributed by atoms with van der Waals surface area (Å²) in [5.74, 6) is 2.12. The van der Waals surface area contributed by atoms with Crippen LogP contribution < -0.4 is 10.6 Å². The number of nitrogens with zero attached hydrogens (tertiary/aromatic N) is 1. The van der Waals surface area contributed by atoms with E-state index >= 15 is 0 Å². The van der Waals surface area contributed by atoms with Gasteiger partial charge in [0.25, 0.3) is 0 Å². The molecule has 2 aliphatic rings. The molecule has 0 aromatic rings. The topological polar surface area (TPSA) is 61.4 Å². The summed E-state index contributed by atoms with van der Waals surface area (Å²) in [5.41, 5.74) is 0. The van der Waals surface area contributed by atoms with Crippen molar-refractivity contribution in [2.75, 3.05) is 31.1 Å². The molecule has 2 amide bonds. The van der Waals surface area contributed by atoms with Gasteiger partial charge in [-0.2, -0.15) is 11.8 Å². The molecule has 0 spiro atoms. The van der Waals surface area contributed by atoms with Crippen LogP contribution in [0.25, 0.3) is 0 Å². The summed E-state index contributed by atoms with van der Waals surface area (Å²) in [7, 11) is 0. The normalized spacial score (nSPS) is 25.1. The van der Waals surface area contributed by atoms with Gasteiger partial charge in [0.15, 0.2) is 0 Å². The summed E-state index contributed by atoms with van der Waals surface area (Å²) >= 11 is 1.88. The Morgan fingerprint density at radius 3 is 2.75 bits per heavy atom. The maximum absolute atomic E-state index is 12.2. The highest BCUT2D eigenvalue weighted by molar-refractivity contribution is 7.99. The Balaban J connectivity index is 1.73. The highest BCUT2D eigenvalue weighted by Gasteiger charge is 2.24. The quantitative estimate of drug-likeness (QED) is 0.798. The fourth-order valence-corrected chi connectivity index (χ4v) is 3.67. The van der Waals surface area contributed by atoms with E-state index in [1.807, 2.05) is 16.7 Å². The van der Waals surface area contributed by atoms with Gasteiger partial charge in [0.1, 0.15) is 6.04 Å². The van der Waals surface area contributed by atoms with Crippen LogP contribution in [-0.4, -0.2) is 59.9 Å². The van der Waals surface area contributed by atoms with E-state index in [1.54, 1.807) is 6.92 Å². The number of likely N-dealkylation sites (tertiary alicyclic amines) is 1. The zero-order chi connectivity index (χ0) is 14.4. The molecule has 2 aliphatic heterocycles. The van der Waals surface area contributed by atoms with E-state index in [4.69, 9.17) is 0 Å². The van der Waals surface area contributed by atoms with E-state index in [2.05, 4.69) is 10.6 Å². The third kappa shape index (κ3) is 4.66. The largest absolute Gasteiger partial charge is 0.345 e. The Hall–Kier alpha value is -0.750. The van der Waals surface area contributed by atoms with E-state index in [0.29, 0.717) is 6.42 Å². The molecule has 2 heterocycles. The standard InChI is InChI=1S/C14H25N3O2S/c1-11(14(19)17-6-3-2-4-7-17)16-13(18)9-12-10-20-8-5-15-12/h11-12,15H,2-10H2,1H3,(H,16,18). The van der Waals surface area contributed by atoms with Gasteiger partial charge in [0.05, 0.1) is 0 Å². The lowest BCUT2D eigenvalue weighted by molar-refractivity contribution is -0.136. The van der Waals surface area contributed by atoms with Crippen molar-refractivity contribution in [2.45, 2.75) is 44.7 Å². The van der Waals surface area contributed by atoms with Crippen LogP contribution in [0, 0.1) is 0 Å². The second-order valence-electron chi connectivity index (χ2n) is 5.61. The number of rotatable bonds is 4. The molecule has 2 saturated heterocycles. The zero-order valence-corrected chi connectivity index (χ0v) is 13.0. The van der Waals surface area contributed by atoms with Crippen LogP contribution in [0.3, 0.4) is 0 Å². The minimum Gasteiger partial charge on any atom is -0.345 e. The fourth-order valence-electron chi connectivity index (χ4n) is 2.72. The van der Waals surface area contributed by atoms with Crippen LogP contribution >= 0.6 is 11.8 Å². The van der Waals surface area contributed by atoms with Crippen molar-refractivity contribution in [3.8, 4) is 0 Å². The van der Waals surface area contributed by atoms with Gasteiger partial charge >= 0.3 is 0 Å². The van der Waals surface area contributed by atoms with E-state index in [1.165, 1.54) is 6.42 Å². The zero-order valence-electron chi connectivity index (χ0n) is 12.2. The predicted octanol–water partition coefficient (Wildman–Crippen LogP) is 0.599. The molecule has 2 unspecified atom stereocenters. The Labute approximate surface area is 125 Å². The first-order valence-electron chi connectivity index (χ1n) is 7.56.